The predicted molar refractivity (Wildman–Crippen MR) is 79.7 cm³/mol. The van der Waals surface area contributed by atoms with Gasteiger partial charge in [-0.1, -0.05) is 32.1 Å². The molecule has 0 heterocycles. The van der Waals surface area contributed by atoms with Crippen molar-refractivity contribution in [1.82, 2.24) is 4.31 Å². The Morgan fingerprint density at radius 3 is 2.57 bits per heavy atom. The van der Waals surface area contributed by atoms with Gasteiger partial charge in [-0.3, -0.25) is 0 Å². The number of benzene rings is 1. The molecular formula is C15H20FNO3S. The lowest BCUT2D eigenvalue weighted by atomic mass is 10.2. The van der Waals surface area contributed by atoms with Crippen molar-refractivity contribution in [3.63, 3.8) is 0 Å². The summed E-state index contributed by atoms with van der Waals surface area (Å²) >= 11 is 0. The van der Waals surface area contributed by atoms with E-state index in [1.54, 1.807) is 6.92 Å². The maximum atomic E-state index is 13.9. The van der Waals surface area contributed by atoms with E-state index >= 15 is 0 Å². The molecule has 0 amide bonds. The van der Waals surface area contributed by atoms with Gasteiger partial charge in [-0.2, -0.15) is 4.31 Å². The number of sulfonamides is 1. The molecule has 1 aromatic rings. The van der Waals surface area contributed by atoms with Crippen molar-refractivity contribution in [3.8, 4) is 11.8 Å². The third-order valence-corrected chi connectivity index (χ3v) is 4.96. The zero-order valence-corrected chi connectivity index (χ0v) is 13.1. The quantitative estimate of drug-likeness (QED) is 0.817. The minimum atomic E-state index is -3.69. The van der Waals surface area contributed by atoms with Crippen molar-refractivity contribution in [1.29, 1.82) is 0 Å². The number of hydrogen-bond acceptors (Lipinski definition) is 3. The van der Waals surface area contributed by atoms with Gasteiger partial charge < -0.3 is 5.11 Å². The number of nitrogens with zero attached hydrogens (tertiary/aromatic N) is 1. The van der Waals surface area contributed by atoms with Crippen LogP contribution in [0, 0.1) is 17.7 Å². The largest absolute Gasteiger partial charge is 0.384 e. The van der Waals surface area contributed by atoms with Crippen molar-refractivity contribution < 1.29 is 17.9 Å². The second-order valence-electron chi connectivity index (χ2n) is 4.45. The second-order valence-corrected chi connectivity index (χ2v) is 6.39. The first kappa shape index (κ1) is 17.6. The molecule has 0 saturated carbocycles. The molecule has 0 aliphatic heterocycles. The number of hydrogen-bond donors (Lipinski definition) is 1. The van der Waals surface area contributed by atoms with Crippen molar-refractivity contribution in [2.75, 3.05) is 19.7 Å². The van der Waals surface area contributed by atoms with E-state index in [2.05, 4.69) is 11.8 Å². The topological polar surface area (TPSA) is 57.6 Å². The summed E-state index contributed by atoms with van der Waals surface area (Å²) in [5, 5.41) is 8.59. The summed E-state index contributed by atoms with van der Waals surface area (Å²) < 4.78 is 40.1. The van der Waals surface area contributed by atoms with Gasteiger partial charge in [0.05, 0.1) is 10.5 Å². The first-order valence-electron chi connectivity index (χ1n) is 6.86. The molecule has 0 aliphatic rings. The molecular weight excluding hydrogens is 293 g/mol. The van der Waals surface area contributed by atoms with E-state index in [9.17, 15) is 12.8 Å². The lowest BCUT2D eigenvalue weighted by Crippen LogP contribution is -2.31. The Kier molecular flexibility index (Phi) is 6.82. The van der Waals surface area contributed by atoms with Gasteiger partial charge in [0.25, 0.3) is 0 Å². The number of rotatable bonds is 6. The SMILES string of the molecule is CCCCN(CC)S(=O)(=O)c1ccc(C#CCO)c(F)c1. The van der Waals surface area contributed by atoms with Crippen molar-refractivity contribution in [2.24, 2.45) is 0 Å². The van der Waals surface area contributed by atoms with E-state index in [1.807, 2.05) is 6.92 Å². The van der Waals surface area contributed by atoms with Crippen LogP contribution in [0.4, 0.5) is 4.39 Å². The monoisotopic (exact) mass is 313 g/mol. The van der Waals surface area contributed by atoms with Crippen LogP contribution < -0.4 is 0 Å². The highest BCUT2D eigenvalue weighted by Crippen LogP contribution is 2.19. The molecule has 21 heavy (non-hydrogen) atoms. The first-order valence-corrected chi connectivity index (χ1v) is 8.30. The van der Waals surface area contributed by atoms with E-state index in [0.717, 1.165) is 18.9 Å². The molecule has 0 fully saturated rings. The normalized spacial score (nSPS) is 11.3. The molecule has 1 aromatic carbocycles. The summed E-state index contributed by atoms with van der Waals surface area (Å²) in [6, 6.07) is 3.64. The zero-order valence-electron chi connectivity index (χ0n) is 12.3. The Labute approximate surface area is 125 Å². The number of unbranched alkanes of at least 4 members (excludes halogenated alkanes) is 1. The molecule has 6 heteroatoms. The molecule has 4 nitrogen and oxygen atoms in total. The summed E-state index contributed by atoms with van der Waals surface area (Å²) in [5.41, 5.74) is 0.0691. The smallest absolute Gasteiger partial charge is 0.243 e. The maximum Gasteiger partial charge on any atom is 0.243 e. The van der Waals surface area contributed by atoms with Gasteiger partial charge in [0.2, 0.25) is 10.0 Å². The van der Waals surface area contributed by atoms with E-state index in [1.165, 1.54) is 16.4 Å². The van der Waals surface area contributed by atoms with Crippen molar-refractivity contribution in [3.05, 3.63) is 29.6 Å². The third kappa shape index (κ3) is 4.53. The number of aliphatic hydroxyl groups excluding tert-OH is 1. The standard InChI is InChI=1S/C15H20FNO3S/c1-3-5-10-17(4-2)21(19,20)14-9-8-13(7-6-11-18)15(16)12-14/h8-9,12,18H,3-5,10-11H2,1-2H3. The van der Waals surface area contributed by atoms with Crippen LogP contribution in [0.3, 0.4) is 0 Å². The summed E-state index contributed by atoms with van der Waals surface area (Å²) in [6.45, 7) is 4.12. The average Bonchev–Trinajstić information content (AvgIpc) is 2.46. The van der Waals surface area contributed by atoms with Gasteiger partial charge in [-0.05, 0) is 24.6 Å². The highest BCUT2D eigenvalue weighted by atomic mass is 32.2. The summed E-state index contributed by atoms with van der Waals surface area (Å²) in [4.78, 5) is -0.0764. The van der Waals surface area contributed by atoms with E-state index in [0.29, 0.717) is 13.1 Å². The Bertz CT molecular complexity index is 632. The molecule has 0 unspecified atom stereocenters. The molecule has 0 radical (unpaired) electrons. The molecule has 1 N–H and O–H groups in total. The molecule has 0 saturated heterocycles. The van der Waals surface area contributed by atoms with E-state index < -0.39 is 15.8 Å². The molecule has 0 aromatic heterocycles. The highest BCUT2D eigenvalue weighted by Gasteiger charge is 2.23. The van der Waals surface area contributed by atoms with Crippen molar-refractivity contribution in [2.45, 2.75) is 31.6 Å². The third-order valence-electron chi connectivity index (χ3n) is 2.99. The number of aliphatic hydroxyl groups is 1. The molecule has 0 bridgehead atoms. The first-order chi connectivity index (χ1) is 9.97. The van der Waals surface area contributed by atoms with Crippen LogP contribution in [0.2, 0.25) is 0 Å². The second kappa shape index (κ2) is 8.13. The summed E-state index contributed by atoms with van der Waals surface area (Å²) in [5.74, 6) is 4.06. The fourth-order valence-corrected chi connectivity index (χ4v) is 3.32. The minimum Gasteiger partial charge on any atom is -0.384 e. The van der Waals surface area contributed by atoms with Crippen molar-refractivity contribution >= 4 is 10.0 Å². The average molecular weight is 313 g/mol. The van der Waals surface area contributed by atoms with Crippen LogP contribution in [0.1, 0.15) is 32.3 Å². The van der Waals surface area contributed by atoms with Crippen LogP contribution in [0.5, 0.6) is 0 Å². The summed E-state index contributed by atoms with van der Waals surface area (Å²) in [7, 11) is -3.69. The lowest BCUT2D eigenvalue weighted by molar-refractivity contribution is 0.350. The van der Waals surface area contributed by atoms with Crippen LogP contribution >= 0.6 is 0 Å². The fourth-order valence-electron chi connectivity index (χ4n) is 1.82. The predicted octanol–water partition coefficient (Wildman–Crippen LogP) is 1.98. The lowest BCUT2D eigenvalue weighted by Gasteiger charge is -2.20. The van der Waals surface area contributed by atoms with Gasteiger partial charge in [0.1, 0.15) is 12.4 Å². The molecule has 0 spiro atoms. The molecule has 1 rings (SSSR count). The zero-order chi connectivity index (χ0) is 15.9. The summed E-state index contributed by atoms with van der Waals surface area (Å²) in [6.07, 6.45) is 1.64. The van der Waals surface area contributed by atoms with Crippen LogP contribution in [0.25, 0.3) is 0 Å². The number of halogens is 1. The fraction of sp³-hybridized carbons (Fsp3) is 0.467. The Morgan fingerprint density at radius 1 is 1.33 bits per heavy atom. The molecule has 116 valence electrons. The Morgan fingerprint density at radius 2 is 2.05 bits per heavy atom. The van der Waals surface area contributed by atoms with Gasteiger partial charge in [0.15, 0.2) is 0 Å². The van der Waals surface area contributed by atoms with E-state index in [4.69, 9.17) is 5.11 Å². The van der Waals surface area contributed by atoms with Crippen LogP contribution in [0.15, 0.2) is 23.1 Å². The van der Waals surface area contributed by atoms with Gasteiger partial charge in [-0.25, -0.2) is 12.8 Å². The van der Waals surface area contributed by atoms with Gasteiger partial charge in [0, 0.05) is 13.1 Å². The highest BCUT2D eigenvalue weighted by molar-refractivity contribution is 7.89. The van der Waals surface area contributed by atoms with Crippen LogP contribution in [-0.2, 0) is 10.0 Å². The minimum absolute atomic E-state index is 0.0691. The maximum absolute atomic E-state index is 13.9. The van der Waals surface area contributed by atoms with Gasteiger partial charge >= 0.3 is 0 Å². The molecule has 0 atom stereocenters. The molecule has 0 aliphatic carbocycles. The van der Waals surface area contributed by atoms with E-state index in [-0.39, 0.29) is 17.1 Å². The Balaban J connectivity index is 3.11. The van der Waals surface area contributed by atoms with Crippen LogP contribution in [-0.4, -0.2) is 37.5 Å². The van der Waals surface area contributed by atoms with Gasteiger partial charge in [-0.15, -0.1) is 0 Å². The Hall–Kier alpha value is -1.42.